The lowest BCUT2D eigenvalue weighted by molar-refractivity contribution is 0.0995. The first kappa shape index (κ1) is 8.65. The van der Waals surface area contributed by atoms with Crippen molar-refractivity contribution in [2.24, 2.45) is 5.90 Å². The summed E-state index contributed by atoms with van der Waals surface area (Å²) in [7, 11) is 0. The van der Waals surface area contributed by atoms with Crippen molar-refractivity contribution in [3.8, 4) is 0 Å². The zero-order chi connectivity index (χ0) is 9.10. The molecule has 0 radical (unpaired) electrons. The van der Waals surface area contributed by atoms with E-state index in [-0.39, 0.29) is 6.61 Å². The van der Waals surface area contributed by atoms with Crippen molar-refractivity contribution in [2.75, 3.05) is 0 Å². The lowest BCUT2D eigenvalue weighted by atomic mass is 10.1. The van der Waals surface area contributed by atoms with Crippen molar-refractivity contribution in [3.05, 3.63) is 11.7 Å². The highest BCUT2D eigenvalue weighted by atomic mass is 16.6. The second-order valence-electron chi connectivity index (χ2n) is 3.34. The topological polar surface area (TPSA) is 74.2 Å². The molecule has 0 saturated heterocycles. The second kappa shape index (κ2) is 3.85. The number of nitrogens with two attached hydrogens (primary N) is 1. The van der Waals surface area contributed by atoms with Crippen molar-refractivity contribution < 1.29 is 9.36 Å². The summed E-state index contributed by atoms with van der Waals surface area (Å²) in [4.78, 5) is 8.61. The Morgan fingerprint density at radius 3 is 2.92 bits per heavy atom. The van der Waals surface area contributed by atoms with Crippen LogP contribution in [0, 0.1) is 0 Å². The van der Waals surface area contributed by atoms with Gasteiger partial charge in [-0.05, 0) is 12.8 Å². The molecule has 0 aromatic carbocycles. The van der Waals surface area contributed by atoms with Crippen LogP contribution in [0.2, 0.25) is 0 Å². The number of hydrogen-bond acceptors (Lipinski definition) is 5. The minimum Gasteiger partial charge on any atom is -0.337 e. The van der Waals surface area contributed by atoms with Crippen molar-refractivity contribution in [2.45, 2.75) is 38.2 Å². The van der Waals surface area contributed by atoms with Crippen molar-refractivity contribution in [3.63, 3.8) is 0 Å². The van der Waals surface area contributed by atoms with Gasteiger partial charge in [0, 0.05) is 5.92 Å². The fourth-order valence-electron chi connectivity index (χ4n) is 1.75. The molecule has 2 rings (SSSR count). The van der Waals surface area contributed by atoms with E-state index < -0.39 is 0 Å². The van der Waals surface area contributed by atoms with Crippen LogP contribution in [-0.4, -0.2) is 10.1 Å². The van der Waals surface area contributed by atoms with Gasteiger partial charge in [-0.1, -0.05) is 18.0 Å². The molecule has 0 amide bonds. The summed E-state index contributed by atoms with van der Waals surface area (Å²) >= 11 is 0. The summed E-state index contributed by atoms with van der Waals surface area (Å²) < 4.78 is 4.95. The van der Waals surface area contributed by atoms with E-state index in [0.717, 1.165) is 5.82 Å². The maximum atomic E-state index is 4.95. The predicted molar refractivity (Wildman–Crippen MR) is 44.5 cm³/mol. The van der Waals surface area contributed by atoms with E-state index in [4.69, 9.17) is 10.4 Å². The first-order valence-electron chi connectivity index (χ1n) is 4.54. The van der Waals surface area contributed by atoms with Gasteiger partial charge in [-0.25, -0.2) is 5.90 Å². The Labute approximate surface area is 76.2 Å². The molecule has 1 heterocycles. The third-order valence-corrected chi connectivity index (χ3v) is 2.41. The van der Waals surface area contributed by atoms with Crippen LogP contribution in [0.25, 0.3) is 0 Å². The molecular formula is C8H13N3O2. The lowest BCUT2D eigenvalue weighted by Crippen LogP contribution is -2.00. The molecule has 0 aliphatic heterocycles. The van der Waals surface area contributed by atoms with Gasteiger partial charge in [-0.15, -0.1) is 0 Å². The van der Waals surface area contributed by atoms with Crippen LogP contribution in [0.1, 0.15) is 43.3 Å². The van der Waals surface area contributed by atoms with Gasteiger partial charge < -0.3 is 4.52 Å². The van der Waals surface area contributed by atoms with Gasteiger partial charge in [-0.3, -0.25) is 4.84 Å². The summed E-state index contributed by atoms with van der Waals surface area (Å²) in [5.41, 5.74) is 0. The number of rotatable bonds is 3. The average Bonchev–Trinajstić information content (AvgIpc) is 2.70. The standard InChI is InChI=1S/C8H13N3O2/c9-12-5-7-10-8(11-13-7)6-3-1-2-4-6/h6H,1-5,9H2. The van der Waals surface area contributed by atoms with Gasteiger partial charge in [-0.2, -0.15) is 4.98 Å². The fourth-order valence-corrected chi connectivity index (χ4v) is 1.75. The van der Waals surface area contributed by atoms with Crippen LogP contribution >= 0.6 is 0 Å². The molecule has 1 saturated carbocycles. The highest BCUT2D eigenvalue weighted by molar-refractivity contribution is 4.97. The molecule has 0 spiro atoms. The monoisotopic (exact) mass is 183 g/mol. The molecule has 1 aliphatic carbocycles. The Morgan fingerprint density at radius 1 is 1.46 bits per heavy atom. The Bertz CT molecular complexity index is 268. The number of nitrogens with zero attached hydrogens (tertiary/aromatic N) is 2. The van der Waals surface area contributed by atoms with Gasteiger partial charge in [0.1, 0.15) is 6.61 Å². The summed E-state index contributed by atoms with van der Waals surface area (Å²) in [5.74, 6) is 6.65. The van der Waals surface area contributed by atoms with Crippen LogP contribution in [0.3, 0.4) is 0 Å². The van der Waals surface area contributed by atoms with Gasteiger partial charge in [0.2, 0.25) is 0 Å². The van der Waals surface area contributed by atoms with Crippen LogP contribution in [-0.2, 0) is 11.4 Å². The largest absolute Gasteiger partial charge is 0.337 e. The van der Waals surface area contributed by atoms with Gasteiger partial charge >= 0.3 is 0 Å². The van der Waals surface area contributed by atoms with Crippen LogP contribution in [0.4, 0.5) is 0 Å². The van der Waals surface area contributed by atoms with Crippen LogP contribution in [0.5, 0.6) is 0 Å². The molecule has 1 fully saturated rings. The van der Waals surface area contributed by atoms with E-state index in [1.54, 1.807) is 0 Å². The Hall–Kier alpha value is -0.940. The van der Waals surface area contributed by atoms with E-state index in [1.165, 1.54) is 25.7 Å². The Kier molecular flexibility index (Phi) is 2.56. The normalized spacial score (nSPS) is 18.2. The van der Waals surface area contributed by atoms with E-state index in [1.807, 2.05) is 0 Å². The average molecular weight is 183 g/mol. The molecule has 1 aliphatic rings. The maximum Gasteiger partial charge on any atom is 0.254 e. The molecule has 13 heavy (non-hydrogen) atoms. The smallest absolute Gasteiger partial charge is 0.254 e. The SMILES string of the molecule is NOCc1nc(C2CCCC2)no1. The first-order chi connectivity index (χ1) is 6.40. The minimum atomic E-state index is 0.194. The first-order valence-corrected chi connectivity index (χ1v) is 4.54. The van der Waals surface area contributed by atoms with Crippen molar-refractivity contribution in [1.29, 1.82) is 0 Å². The molecule has 5 nitrogen and oxygen atoms in total. The van der Waals surface area contributed by atoms with E-state index in [9.17, 15) is 0 Å². The molecular weight excluding hydrogens is 170 g/mol. The third-order valence-electron chi connectivity index (χ3n) is 2.41. The number of hydrogen-bond donors (Lipinski definition) is 1. The minimum absolute atomic E-state index is 0.194. The van der Waals surface area contributed by atoms with Gasteiger partial charge in [0.05, 0.1) is 0 Å². The molecule has 0 atom stereocenters. The van der Waals surface area contributed by atoms with Crippen molar-refractivity contribution in [1.82, 2.24) is 10.1 Å². The third kappa shape index (κ3) is 1.87. The zero-order valence-electron chi connectivity index (χ0n) is 7.40. The highest BCUT2D eigenvalue weighted by Gasteiger charge is 2.22. The molecule has 72 valence electrons. The molecule has 0 bridgehead atoms. The quantitative estimate of drug-likeness (QED) is 0.710. The van der Waals surface area contributed by atoms with E-state index >= 15 is 0 Å². The summed E-state index contributed by atoms with van der Waals surface area (Å²) in [6, 6.07) is 0. The second-order valence-corrected chi connectivity index (χ2v) is 3.34. The molecule has 5 heteroatoms. The molecule has 1 aromatic rings. The molecule has 0 unspecified atom stereocenters. The fraction of sp³-hybridized carbons (Fsp3) is 0.750. The van der Waals surface area contributed by atoms with Crippen LogP contribution < -0.4 is 5.90 Å². The van der Waals surface area contributed by atoms with Crippen molar-refractivity contribution >= 4 is 0 Å². The summed E-state index contributed by atoms with van der Waals surface area (Å²) in [6.45, 7) is 0.194. The van der Waals surface area contributed by atoms with Crippen LogP contribution in [0.15, 0.2) is 4.52 Å². The number of aromatic nitrogens is 2. The van der Waals surface area contributed by atoms with E-state index in [0.29, 0.717) is 11.8 Å². The lowest BCUT2D eigenvalue weighted by Gasteiger charge is -1.99. The molecule has 2 N–H and O–H groups in total. The van der Waals surface area contributed by atoms with Gasteiger partial charge in [0.25, 0.3) is 5.89 Å². The summed E-state index contributed by atoms with van der Waals surface area (Å²) in [5, 5.41) is 3.90. The Morgan fingerprint density at radius 2 is 2.23 bits per heavy atom. The maximum absolute atomic E-state index is 4.95. The molecule has 1 aromatic heterocycles. The Balaban J connectivity index is 2.03. The van der Waals surface area contributed by atoms with Gasteiger partial charge in [0.15, 0.2) is 5.82 Å². The van der Waals surface area contributed by atoms with E-state index in [2.05, 4.69) is 15.0 Å². The summed E-state index contributed by atoms with van der Waals surface area (Å²) in [6.07, 6.45) is 4.87. The highest BCUT2D eigenvalue weighted by Crippen LogP contribution is 2.32. The predicted octanol–water partition coefficient (Wildman–Crippen LogP) is 1.12. The zero-order valence-corrected chi connectivity index (χ0v) is 7.40.